The maximum absolute atomic E-state index is 12.2. The largest absolute Gasteiger partial charge is 0.468 e. The Morgan fingerprint density at radius 2 is 1.72 bits per heavy atom. The number of carbonyl (C=O) groups excluding carboxylic acids is 2. The highest BCUT2D eigenvalue weighted by molar-refractivity contribution is 5.75. The fourth-order valence-corrected chi connectivity index (χ4v) is 2.62. The smallest absolute Gasteiger partial charge is 0.407 e. The molecule has 25 heavy (non-hydrogen) atoms. The highest BCUT2D eigenvalue weighted by Crippen LogP contribution is 2.13. The van der Waals surface area contributed by atoms with E-state index < -0.39 is 11.7 Å². The minimum atomic E-state index is -0.526. The SMILES string of the molecule is CCCC[C@@H](C(=O)OC)N(CCCC)C[C@@H](C)NC(=O)OC(C)(C)C. The molecule has 0 saturated heterocycles. The molecule has 0 bridgehead atoms. The Morgan fingerprint density at radius 1 is 1.12 bits per heavy atom. The Kier molecular flexibility index (Phi) is 11.5. The maximum Gasteiger partial charge on any atom is 0.407 e. The van der Waals surface area contributed by atoms with E-state index in [1.54, 1.807) is 0 Å². The van der Waals surface area contributed by atoms with Gasteiger partial charge in [-0.15, -0.1) is 0 Å². The number of nitrogens with one attached hydrogen (secondary N) is 1. The standard InChI is InChI=1S/C19H38N2O4/c1-8-10-12-16(17(22)24-7)21(13-11-9-2)14-15(3)20-18(23)25-19(4,5)6/h15-16H,8-14H2,1-7H3,(H,20,23)/t15-,16+/m1/s1. The third kappa shape index (κ3) is 11.0. The van der Waals surface area contributed by atoms with Gasteiger partial charge in [0.25, 0.3) is 0 Å². The van der Waals surface area contributed by atoms with Crippen LogP contribution in [0.4, 0.5) is 4.79 Å². The van der Waals surface area contributed by atoms with Gasteiger partial charge in [0.15, 0.2) is 0 Å². The molecule has 0 unspecified atom stereocenters. The second-order valence-corrected chi connectivity index (χ2v) is 7.58. The van der Waals surface area contributed by atoms with Gasteiger partial charge in [-0.2, -0.15) is 0 Å². The van der Waals surface area contributed by atoms with E-state index in [4.69, 9.17) is 9.47 Å². The summed E-state index contributed by atoms with van der Waals surface area (Å²) in [6.45, 7) is 13.1. The van der Waals surface area contributed by atoms with Crippen LogP contribution in [0.5, 0.6) is 0 Å². The van der Waals surface area contributed by atoms with E-state index in [0.29, 0.717) is 6.54 Å². The van der Waals surface area contributed by atoms with Crippen LogP contribution in [-0.4, -0.2) is 54.8 Å². The van der Waals surface area contributed by atoms with Crippen LogP contribution in [0.3, 0.4) is 0 Å². The van der Waals surface area contributed by atoms with Crippen molar-refractivity contribution in [1.29, 1.82) is 0 Å². The Labute approximate surface area is 153 Å². The van der Waals surface area contributed by atoms with Crippen LogP contribution >= 0.6 is 0 Å². The number of alkyl carbamates (subject to hydrolysis) is 1. The maximum atomic E-state index is 12.2. The van der Waals surface area contributed by atoms with Crippen LogP contribution < -0.4 is 5.32 Å². The van der Waals surface area contributed by atoms with Gasteiger partial charge in [-0.1, -0.05) is 33.1 Å². The van der Waals surface area contributed by atoms with Gasteiger partial charge in [0, 0.05) is 12.6 Å². The summed E-state index contributed by atoms with van der Waals surface area (Å²) < 4.78 is 10.3. The second-order valence-electron chi connectivity index (χ2n) is 7.58. The van der Waals surface area contributed by atoms with Crippen molar-refractivity contribution < 1.29 is 19.1 Å². The molecular formula is C19H38N2O4. The van der Waals surface area contributed by atoms with Crippen molar-refractivity contribution in [2.45, 2.75) is 91.3 Å². The third-order valence-corrected chi connectivity index (χ3v) is 3.82. The number of unbranched alkanes of at least 4 members (excludes halogenated alkanes) is 2. The van der Waals surface area contributed by atoms with Gasteiger partial charge < -0.3 is 14.8 Å². The Balaban J connectivity index is 4.91. The predicted octanol–water partition coefficient (Wildman–Crippen LogP) is 3.73. The molecule has 0 radical (unpaired) electrons. The van der Waals surface area contributed by atoms with Gasteiger partial charge >= 0.3 is 12.1 Å². The fourth-order valence-electron chi connectivity index (χ4n) is 2.62. The van der Waals surface area contributed by atoms with E-state index in [1.807, 2.05) is 27.7 Å². The van der Waals surface area contributed by atoms with Gasteiger partial charge in [-0.05, 0) is 47.1 Å². The van der Waals surface area contributed by atoms with E-state index in [9.17, 15) is 9.59 Å². The highest BCUT2D eigenvalue weighted by atomic mass is 16.6. The topological polar surface area (TPSA) is 67.9 Å². The first-order chi connectivity index (χ1) is 11.6. The van der Waals surface area contributed by atoms with Gasteiger partial charge in [0.05, 0.1) is 7.11 Å². The molecule has 0 aliphatic heterocycles. The number of carbonyl (C=O) groups is 2. The van der Waals surface area contributed by atoms with Crippen LogP contribution in [0, 0.1) is 0 Å². The van der Waals surface area contributed by atoms with Crippen molar-refractivity contribution in [3.05, 3.63) is 0 Å². The summed E-state index contributed by atoms with van der Waals surface area (Å²) in [5, 5.41) is 2.86. The van der Waals surface area contributed by atoms with Crippen molar-refractivity contribution in [2.75, 3.05) is 20.2 Å². The molecule has 0 aliphatic rings. The lowest BCUT2D eigenvalue weighted by Crippen LogP contribution is -2.50. The molecule has 0 rings (SSSR count). The quantitative estimate of drug-likeness (QED) is 0.570. The number of hydrogen-bond donors (Lipinski definition) is 1. The molecule has 0 fully saturated rings. The molecule has 0 aromatic rings. The Morgan fingerprint density at radius 3 is 2.20 bits per heavy atom. The van der Waals surface area contributed by atoms with Crippen LogP contribution in [0.2, 0.25) is 0 Å². The zero-order chi connectivity index (χ0) is 19.5. The molecule has 0 saturated carbocycles. The first kappa shape index (κ1) is 23.7. The summed E-state index contributed by atoms with van der Waals surface area (Å²) in [4.78, 5) is 26.3. The number of methoxy groups -OCH3 is 1. The lowest BCUT2D eigenvalue weighted by molar-refractivity contribution is -0.147. The molecule has 1 amide bonds. The molecule has 6 nitrogen and oxygen atoms in total. The van der Waals surface area contributed by atoms with Crippen molar-refractivity contribution in [2.24, 2.45) is 0 Å². The molecule has 0 aromatic heterocycles. The Hall–Kier alpha value is -1.30. The van der Waals surface area contributed by atoms with E-state index >= 15 is 0 Å². The van der Waals surface area contributed by atoms with E-state index in [2.05, 4.69) is 24.1 Å². The molecule has 148 valence electrons. The van der Waals surface area contributed by atoms with Crippen LogP contribution in [-0.2, 0) is 14.3 Å². The molecule has 6 heteroatoms. The summed E-state index contributed by atoms with van der Waals surface area (Å²) in [5.74, 6) is -0.200. The molecule has 1 N–H and O–H groups in total. The average molecular weight is 359 g/mol. The molecular weight excluding hydrogens is 320 g/mol. The van der Waals surface area contributed by atoms with Crippen molar-refractivity contribution in [3.8, 4) is 0 Å². The van der Waals surface area contributed by atoms with Crippen molar-refractivity contribution in [1.82, 2.24) is 10.2 Å². The molecule has 2 atom stereocenters. The number of nitrogens with zero attached hydrogens (tertiary/aromatic N) is 1. The first-order valence-corrected chi connectivity index (χ1v) is 9.45. The summed E-state index contributed by atoms with van der Waals surface area (Å²) in [6, 6.07) is -0.389. The lowest BCUT2D eigenvalue weighted by Gasteiger charge is -2.32. The van der Waals surface area contributed by atoms with Gasteiger partial charge in [0.1, 0.15) is 11.6 Å². The fraction of sp³-hybridized carbons (Fsp3) is 0.895. The normalized spacial score (nSPS) is 14.1. The molecule has 0 aromatic carbocycles. The number of esters is 1. The molecule has 0 aliphatic carbocycles. The Bertz CT molecular complexity index is 393. The number of ether oxygens (including phenoxy) is 2. The zero-order valence-electron chi connectivity index (χ0n) is 17.2. The monoisotopic (exact) mass is 358 g/mol. The third-order valence-electron chi connectivity index (χ3n) is 3.82. The average Bonchev–Trinajstić information content (AvgIpc) is 2.49. The summed E-state index contributed by atoms with van der Waals surface area (Å²) >= 11 is 0. The number of rotatable bonds is 11. The summed E-state index contributed by atoms with van der Waals surface area (Å²) in [7, 11) is 1.43. The van der Waals surface area contributed by atoms with E-state index in [1.165, 1.54) is 7.11 Å². The van der Waals surface area contributed by atoms with Crippen LogP contribution in [0.1, 0.15) is 73.6 Å². The van der Waals surface area contributed by atoms with Gasteiger partial charge in [-0.3, -0.25) is 9.69 Å². The van der Waals surface area contributed by atoms with Crippen LogP contribution in [0.25, 0.3) is 0 Å². The summed E-state index contributed by atoms with van der Waals surface area (Å²) in [6.07, 6.45) is 4.38. The summed E-state index contributed by atoms with van der Waals surface area (Å²) in [5.41, 5.74) is -0.526. The molecule has 0 heterocycles. The highest BCUT2D eigenvalue weighted by Gasteiger charge is 2.28. The first-order valence-electron chi connectivity index (χ1n) is 9.45. The van der Waals surface area contributed by atoms with Gasteiger partial charge in [0.2, 0.25) is 0 Å². The minimum Gasteiger partial charge on any atom is -0.468 e. The number of hydrogen-bond acceptors (Lipinski definition) is 5. The van der Waals surface area contributed by atoms with Gasteiger partial charge in [-0.25, -0.2) is 4.79 Å². The van der Waals surface area contributed by atoms with Crippen molar-refractivity contribution >= 4 is 12.1 Å². The van der Waals surface area contributed by atoms with Crippen molar-refractivity contribution in [3.63, 3.8) is 0 Å². The predicted molar refractivity (Wildman–Crippen MR) is 101 cm³/mol. The second kappa shape index (κ2) is 12.1. The van der Waals surface area contributed by atoms with Crippen LogP contribution in [0.15, 0.2) is 0 Å². The zero-order valence-corrected chi connectivity index (χ0v) is 17.2. The van der Waals surface area contributed by atoms with E-state index in [0.717, 1.165) is 38.6 Å². The minimum absolute atomic E-state index is 0.125. The lowest BCUT2D eigenvalue weighted by atomic mass is 10.1. The molecule has 0 spiro atoms. The number of amides is 1. The van der Waals surface area contributed by atoms with E-state index in [-0.39, 0.29) is 18.1 Å².